The summed E-state index contributed by atoms with van der Waals surface area (Å²) in [5, 5.41) is 5.51. The van der Waals surface area contributed by atoms with E-state index in [0.29, 0.717) is 49.6 Å². The molecule has 2 amide bonds. The van der Waals surface area contributed by atoms with Gasteiger partial charge in [-0.05, 0) is 113 Å². The van der Waals surface area contributed by atoms with Gasteiger partial charge >= 0.3 is 18.2 Å². The lowest BCUT2D eigenvalue weighted by Crippen LogP contribution is -2.27. The number of benzene rings is 1. The van der Waals surface area contributed by atoms with Crippen LogP contribution >= 0.6 is 0 Å². The molecule has 0 unspecified atom stereocenters. The van der Waals surface area contributed by atoms with Gasteiger partial charge in [0.15, 0.2) is 5.78 Å². The molecular weight excluding hydrogens is 552 g/mol. The largest absolute Gasteiger partial charge is 0.462 e. The lowest BCUT2D eigenvalue weighted by atomic mass is 9.83. The molecule has 2 aliphatic rings. The van der Waals surface area contributed by atoms with Crippen LogP contribution in [-0.4, -0.2) is 56.5 Å². The minimum absolute atomic E-state index is 0.110. The number of nitrogens with one attached hydrogen (secondary N) is 2. The van der Waals surface area contributed by atoms with Gasteiger partial charge in [-0.2, -0.15) is 0 Å². The van der Waals surface area contributed by atoms with Gasteiger partial charge in [0.1, 0.15) is 6.10 Å². The van der Waals surface area contributed by atoms with Crippen LogP contribution in [0.4, 0.5) is 21.0 Å². The van der Waals surface area contributed by atoms with Crippen LogP contribution in [0.2, 0.25) is 0 Å². The van der Waals surface area contributed by atoms with E-state index in [1.807, 2.05) is 6.92 Å². The van der Waals surface area contributed by atoms with Crippen molar-refractivity contribution in [2.24, 2.45) is 23.7 Å². The van der Waals surface area contributed by atoms with Crippen molar-refractivity contribution >= 4 is 35.3 Å². The fourth-order valence-electron chi connectivity index (χ4n) is 5.44. The molecule has 2 N–H and O–H groups in total. The molecule has 0 radical (unpaired) electrons. The first-order valence-corrected chi connectivity index (χ1v) is 15.2. The Bertz CT molecular complexity index is 1120. The Morgan fingerprint density at radius 3 is 1.77 bits per heavy atom. The van der Waals surface area contributed by atoms with E-state index >= 15 is 0 Å². The van der Waals surface area contributed by atoms with Crippen molar-refractivity contribution in [3.8, 4) is 0 Å². The number of ketones is 1. The molecule has 0 bridgehead atoms. The number of rotatable bonds is 14. The summed E-state index contributed by atoms with van der Waals surface area (Å²) in [5.41, 5.74) is 1.88. The van der Waals surface area contributed by atoms with E-state index in [4.69, 9.17) is 18.9 Å². The average Bonchev–Trinajstić information content (AvgIpc) is 3.02. The molecule has 0 heterocycles. The Kier molecular flexibility index (Phi) is 13.7. The normalized spacial score (nSPS) is 22.4. The lowest BCUT2D eigenvalue weighted by Gasteiger charge is -2.28. The number of anilines is 2. The molecule has 10 nitrogen and oxygen atoms in total. The number of ether oxygens (including phenoxy) is 4. The first-order valence-electron chi connectivity index (χ1n) is 15.2. The predicted octanol–water partition coefficient (Wildman–Crippen LogP) is 6.59. The smallest absolute Gasteiger partial charge is 0.411 e. The molecule has 2 saturated carbocycles. The second kappa shape index (κ2) is 17.5. The molecule has 1 atom stereocenters. The fraction of sp³-hybridized carbons (Fsp3) is 0.576. The number of hydrogen-bond donors (Lipinski definition) is 2. The van der Waals surface area contributed by atoms with Gasteiger partial charge in [-0.1, -0.05) is 19.2 Å². The SMILES string of the molecule is C=CC(=O)OCC1CCC(COC(=O)Nc2ccc(C)c(NC(=O)OCC3CCC(CO[C@@H](C)C(=O)C=C)CC3)c2)CC1. The summed E-state index contributed by atoms with van der Waals surface area (Å²) in [4.78, 5) is 47.8. The van der Waals surface area contributed by atoms with Crippen LogP contribution in [0.5, 0.6) is 0 Å². The zero-order valence-electron chi connectivity index (χ0n) is 25.4. The van der Waals surface area contributed by atoms with Gasteiger partial charge in [-0.15, -0.1) is 0 Å². The van der Waals surface area contributed by atoms with E-state index in [1.54, 1.807) is 25.1 Å². The maximum Gasteiger partial charge on any atom is 0.411 e. The molecule has 0 saturated heterocycles. The lowest BCUT2D eigenvalue weighted by molar-refractivity contribution is -0.139. The molecule has 236 valence electrons. The summed E-state index contributed by atoms with van der Waals surface area (Å²) < 4.78 is 21.8. The second-order valence-electron chi connectivity index (χ2n) is 11.7. The van der Waals surface area contributed by atoms with Crippen molar-refractivity contribution < 1.29 is 38.1 Å². The van der Waals surface area contributed by atoms with Crippen molar-refractivity contribution in [1.82, 2.24) is 0 Å². The molecule has 0 spiro atoms. The molecule has 0 aromatic heterocycles. The zero-order valence-corrected chi connectivity index (χ0v) is 25.4. The van der Waals surface area contributed by atoms with Crippen molar-refractivity contribution in [2.45, 2.75) is 71.3 Å². The third-order valence-corrected chi connectivity index (χ3v) is 8.37. The Balaban J connectivity index is 1.33. The Morgan fingerprint density at radius 1 is 0.767 bits per heavy atom. The number of hydrogen-bond acceptors (Lipinski definition) is 8. The van der Waals surface area contributed by atoms with Crippen molar-refractivity contribution in [2.75, 3.05) is 37.1 Å². The first kappa shape index (κ1) is 33.8. The molecule has 2 aliphatic carbocycles. The third-order valence-electron chi connectivity index (χ3n) is 8.37. The van der Waals surface area contributed by atoms with Gasteiger partial charge in [-0.25, -0.2) is 14.4 Å². The number of aryl methyl sites for hydroxylation is 1. The summed E-state index contributed by atoms with van der Waals surface area (Å²) in [6.07, 6.45) is 8.30. The van der Waals surface area contributed by atoms with Gasteiger partial charge in [0.05, 0.1) is 26.4 Å². The van der Waals surface area contributed by atoms with E-state index in [0.717, 1.165) is 56.9 Å². The molecule has 3 rings (SSSR count). The second-order valence-corrected chi connectivity index (χ2v) is 11.7. The summed E-state index contributed by atoms with van der Waals surface area (Å²) in [6.45, 7) is 12.1. The molecule has 10 heteroatoms. The van der Waals surface area contributed by atoms with E-state index in [2.05, 4.69) is 23.8 Å². The number of amides is 2. The van der Waals surface area contributed by atoms with Crippen LogP contribution < -0.4 is 10.6 Å². The Labute approximate surface area is 254 Å². The van der Waals surface area contributed by atoms with Gasteiger partial charge in [0.2, 0.25) is 0 Å². The molecule has 1 aromatic rings. The maximum absolute atomic E-state index is 12.5. The standard InChI is InChI=1S/C33H46N2O8/c1-5-30(36)23(4)40-18-24-8-12-27(13-9-24)21-43-33(39)35-29-17-28(16-7-22(29)3)34-32(38)42-20-26-14-10-25(11-15-26)19-41-31(37)6-2/h5-7,16-17,23-27H,1-2,8-15,18-21H2,3-4H3,(H,34,38)(H,35,39)/t23-,24?,25?,26?,27?/m0/s1. The molecular formula is C33H46N2O8. The van der Waals surface area contributed by atoms with Crippen molar-refractivity contribution in [1.29, 1.82) is 0 Å². The van der Waals surface area contributed by atoms with Gasteiger partial charge in [-0.3, -0.25) is 15.4 Å². The fourth-order valence-corrected chi connectivity index (χ4v) is 5.44. The van der Waals surface area contributed by atoms with Crippen molar-refractivity contribution in [3.63, 3.8) is 0 Å². The highest BCUT2D eigenvalue weighted by Gasteiger charge is 2.25. The van der Waals surface area contributed by atoms with E-state index in [9.17, 15) is 19.2 Å². The predicted molar refractivity (Wildman–Crippen MR) is 164 cm³/mol. The van der Waals surface area contributed by atoms with Crippen LogP contribution in [0.3, 0.4) is 0 Å². The van der Waals surface area contributed by atoms with Crippen LogP contribution in [-0.2, 0) is 28.5 Å². The van der Waals surface area contributed by atoms with Gasteiger partial charge < -0.3 is 18.9 Å². The van der Waals surface area contributed by atoms with E-state index < -0.39 is 24.3 Å². The molecule has 1 aromatic carbocycles. The van der Waals surface area contributed by atoms with Crippen LogP contribution in [0.25, 0.3) is 0 Å². The van der Waals surface area contributed by atoms with Gasteiger partial charge in [0.25, 0.3) is 0 Å². The quantitative estimate of drug-likeness (QED) is 0.139. The zero-order chi connectivity index (χ0) is 31.2. The van der Waals surface area contributed by atoms with Crippen molar-refractivity contribution in [3.05, 3.63) is 49.1 Å². The summed E-state index contributed by atoms with van der Waals surface area (Å²) in [7, 11) is 0. The Morgan fingerprint density at radius 2 is 1.26 bits per heavy atom. The highest BCUT2D eigenvalue weighted by molar-refractivity contribution is 5.92. The van der Waals surface area contributed by atoms with Crippen LogP contribution in [0, 0.1) is 30.6 Å². The average molecular weight is 599 g/mol. The van der Waals surface area contributed by atoms with Crippen LogP contribution in [0.15, 0.2) is 43.5 Å². The number of carbonyl (C=O) groups excluding carboxylic acids is 4. The maximum atomic E-state index is 12.5. The highest BCUT2D eigenvalue weighted by atomic mass is 16.6. The molecule has 2 fully saturated rings. The molecule has 0 aliphatic heterocycles. The minimum atomic E-state index is -0.554. The monoisotopic (exact) mass is 598 g/mol. The summed E-state index contributed by atoms with van der Waals surface area (Å²) in [6, 6.07) is 5.23. The molecule has 43 heavy (non-hydrogen) atoms. The minimum Gasteiger partial charge on any atom is -0.462 e. The summed E-state index contributed by atoms with van der Waals surface area (Å²) >= 11 is 0. The highest BCUT2D eigenvalue weighted by Crippen LogP contribution is 2.31. The number of esters is 1. The van der Waals surface area contributed by atoms with Crippen LogP contribution in [0.1, 0.15) is 63.9 Å². The topological polar surface area (TPSA) is 129 Å². The van der Waals surface area contributed by atoms with E-state index in [1.165, 1.54) is 12.2 Å². The van der Waals surface area contributed by atoms with E-state index in [-0.39, 0.29) is 17.6 Å². The Hall–Kier alpha value is -3.66. The first-order chi connectivity index (χ1) is 20.7. The summed E-state index contributed by atoms with van der Waals surface area (Å²) in [5.74, 6) is 0.752. The van der Waals surface area contributed by atoms with Gasteiger partial charge in [0, 0.05) is 17.5 Å². The third kappa shape index (κ3) is 11.9. The number of carbonyl (C=O) groups is 4.